The predicted octanol–water partition coefficient (Wildman–Crippen LogP) is 3.26. The van der Waals surface area contributed by atoms with Crippen LogP contribution in [0, 0.1) is 0 Å². The van der Waals surface area contributed by atoms with E-state index >= 15 is 0 Å². The first-order valence-corrected chi connectivity index (χ1v) is 10.4. The predicted molar refractivity (Wildman–Crippen MR) is 106 cm³/mol. The Balaban J connectivity index is 2.48. The van der Waals surface area contributed by atoms with E-state index in [2.05, 4.69) is 20.9 Å². The maximum absolute atomic E-state index is 13.4. The third kappa shape index (κ3) is 5.17. The van der Waals surface area contributed by atoms with E-state index in [1.807, 2.05) is 25.1 Å². The molecule has 0 aliphatic rings. The Hall–Kier alpha value is -1.19. The van der Waals surface area contributed by atoms with Gasteiger partial charge in [0.25, 0.3) is 0 Å². The normalized spacial score (nSPS) is 12.0. The standard InChI is InChI=1S/C17H21BrClN3O3S/c1-21(2)7-8-22(12-13-5-4-6-20-11-13)26(23,24)16-10-14(19)9-15(18)17(16)25-3/h4-6,9-11H,7-8,12H2,1-3H3. The van der Waals surface area contributed by atoms with Crippen molar-refractivity contribution in [3.8, 4) is 5.75 Å². The van der Waals surface area contributed by atoms with Crippen LogP contribution in [0.5, 0.6) is 5.75 Å². The summed E-state index contributed by atoms with van der Waals surface area (Å²) in [6.45, 7) is 1.10. The maximum atomic E-state index is 13.4. The molecule has 0 atom stereocenters. The summed E-state index contributed by atoms with van der Waals surface area (Å²) >= 11 is 9.41. The van der Waals surface area contributed by atoms with Crippen LogP contribution in [0.2, 0.25) is 5.02 Å². The van der Waals surface area contributed by atoms with Crippen LogP contribution in [0.3, 0.4) is 0 Å². The Morgan fingerprint density at radius 2 is 2.00 bits per heavy atom. The molecule has 0 aliphatic heterocycles. The van der Waals surface area contributed by atoms with Crippen LogP contribution in [0.25, 0.3) is 0 Å². The molecule has 0 amide bonds. The average molecular weight is 463 g/mol. The summed E-state index contributed by atoms with van der Waals surface area (Å²) in [7, 11) is 1.37. The van der Waals surface area contributed by atoms with E-state index in [1.165, 1.54) is 17.5 Å². The van der Waals surface area contributed by atoms with Crippen molar-refractivity contribution >= 4 is 37.6 Å². The van der Waals surface area contributed by atoms with Gasteiger partial charge in [-0.2, -0.15) is 4.31 Å². The van der Waals surface area contributed by atoms with Crippen LogP contribution in [0.15, 0.2) is 46.0 Å². The minimum Gasteiger partial charge on any atom is -0.494 e. The third-order valence-electron chi connectivity index (χ3n) is 3.67. The first kappa shape index (κ1) is 21.1. The number of halogens is 2. The summed E-state index contributed by atoms with van der Waals surface area (Å²) in [6, 6.07) is 6.63. The number of hydrogen-bond acceptors (Lipinski definition) is 5. The highest BCUT2D eigenvalue weighted by atomic mass is 79.9. The summed E-state index contributed by atoms with van der Waals surface area (Å²) < 4.78 is 33.9. The van der Waals surface area contributed by atoms with E-state index in [9.17, 15) is 8.42 Å². The highest BCUT2D eigenvalue weighted by Crippen LogP contribution is 2.37. The topological polar surface area (TPSA) is 62.7 Å². The van der Waals surface area contributed by atoms with Gasteiger partial charge >= 0.3 is 0 Å². The fourth-order valence-corrected chi connectivity index (χ4v) is 5.15. The lowest BCUT2D eigenvalue weighted by atomic mass is 10.3. The number of benzene rings is 1. The largest absolute Gasteiger partial charge is 0.494 e. The summed E-state index contributed by atoms with van der Waals surface area (Å²) in [6.07, 6.45) is 3.31. The SMILES string of the molecule is COc1c(Br)cc(Cl)cc1S(=O)(=O)N(CCN(C)C)Cc1cccnc1. The van der Waals surface area contributed by atoms with Crippen molar-refractivity contribution in [3.05, 3.63) is 51.7 Å². The van der Waals surface area contributed by atoms with Gasteiger partial charge in [-0.15, -0.1) is 0 Å². The number of aromatic nitrogens is 1. The van der Waals surface area contributed by atoms with Crippen molar-refractivity contribution in [2.24, 2.45) is 0 Å². The van der Waals surface area contributed by atoms with Crippen molar-refractivity contribution in [2.75, 3.05) is 34.3 Å². The quantitative estimate of drug-likeness (QED) is 0.602. The zero-order chi connectivity index (χ0) is 19.3. The molecule has 26 heavy (non-hydrogen) atoms. The second-order valence-corrected chi connectivity index (χ2v) is 9.12. The van der Waals surface area contributed by atoms with Crippen LogP contribution < -0.4 is 4.74 Å². The lowest BCUT2D eigenvalue weighted by Gasteiger charge is -2.25. The molecule has 2 rings (SSSR count). The molecular weight excluding hydrogens is 442 g/mol. The Labute approximate surface area is 167 Å². The molecule has 1 aromatic heterocycles. The molecule has 1 aromatic carbocycles. The fraction of sp³-hybridized carbons (Fsp3) is 0.353. The molecule has 9 heteroatoms. The fourth-order valence-electron chi connectivity index (χ4n) is 2.36. The number of nitrogens with zero attached hydrogens (tertiary/aromatic N) is 3. The first-order chi connectivity index (χ1) is 12.3. The van der Waals surface area contributed by atoms with Crippen molar-refractivity contribution in [3.63, 3.8) is 0 Å². The number of methoxy groups -OCH3 is 1. The van der Waals surface area contributed by atoms with E-state index in [0.717, 1.165) is 5.56 Å². The Morgan fingerprint density at radius 3 is 2.58 bits per heavy atom. The van der Waals surface area contributed by atoms with Gasteiger partial charge in [0.05, 0.1) is 11.6 Å². The van der Waals surface area contributed by atoms with Gasteiger partial charge in [-0.25, -0.2) is 8.42 Å². The molecular formula is C17H21BrClN3O3S. The molecule has 142 valence electrons. The third-order valence-corrected chi connectivity index (χ3v) is 6.33. The van der Waals surface area contributed by atoms with Gasteiger partial charge in [0, 0.05) is 37.1 Å². The molecule has 0 aliphatic carbocycles. The minimum atomic E-state index is -3.84. The van der Waals surface area contributed by atoms with Crippen LogP contribution in [0.4, 0.5) is 0 Å². The van der Waals surface area contributed by atoms with Crippen LogP contribution in [0.1, 0.15) is 5.56 Å². The molecule has 6 nitrogen and oxygen atoms in total. The summed E-state index contributed by atoms with van der Waals surface area (Å²) in [5, 5.41) is 0.310. The average Bonchev–Trinajstić information content (AvgIpc) is 2.58. The second-order valence-electron chi connectivity index (χ2n) is 5.92. The highest BCUT2D eigenvalue weighted by molar-refractivity contribution is 9.10. The molecule has 0 fully saturated rings. The van der Waals surface area contributed by atoms with E-state index < -0.39 is 10.0 Å². The van der Waals surface area contributed by atoms with Gasteiger partial charge in [-0.05, 0) is 53.8 Å². The number of rotatable bonds is 8. The number of hydrogen-bond donors (Lipinski definition) is 0. The van der Waals surface area contributed by atoms with E-state index in [4.69, 9.17) is 16.3 Å². The van der Waals surface area contributed by atoms with Crippen LogP contribution >= 0.6 is 27.5 Å². The van der Waals surface area contributed by atoms with Crippen molar-refractivity contribution in [1.82, 2.24) is 14.2 Å². The molecule has 0 unspecified atom stereocenters. The van der Waals surface area contributed by atoms with Gasteiger partial charge in [0.1, 0.15) is 4.90 Å². The van der Waals surface area contributed by atoms with E-state index in [1.54, 1.807) is 24.5 Å². The molecule has 0 N–H and O–H groups in total. The molecule has 1 heterocycles. The molecule has 0 radical (unpaired) electrons. The molecule has 0 bridgehead atoms. The van der Waals surface area contributed by atoms with E-state index in [0.29, 0.717) is 22.6 Å². The van der Waals surface area contributed by atoms with Gasteiger partial charge in [0.2, 0.25) is 10.0 Å². The maximum Gasteiger partial charge on any atom is 0.247 e. The molecule has 0 saturated carbocycles. The van der Waals surface area contributed by atoms with Crippen LogP contribution in [-0.2, 0) is 16.6 Å². The highest BCUT2D eigenvalue weighted by Gasteiger charge is 2.29. The number of likely N-dealkylation sites (N-methyl/N-ethyl adjacent to an activating group) is 1. The smallest absolute Gasteiger partial charge is 0.247 e. The summed E-state index contributed by atoms with van der Waals surface area (Å²) in [5.41, 5.74) is 0.801. The van der Waals surface area contributed by atoms with E-state index in [-0.39, 0.29) is 17.2 Å². The molecule has 0 saturated heterocycles. The summed E-state index contributed by atoms with van der Waals surface area (Å²) in [5.74, 6) is 0.232. The molecule has 2 aromatic rings. The van der Waals surface area contributed by atoms with Gasteiger partial charge in [0.15, 0.2) is 5.75 Å². The van der Waals surface area contributed by atoms with Gasteiger partial charge in [-0.3, -0.25) is 4.98 Å². The van der Waals surface area contributed by atoms with Crippen molar-refractivity contribution < 1.29 is 13.2 Å². The first-order valence-electron chi connectivity index (χ1n) is 7.82. The summed E-state index contributed by atoms with van der Waals surface area (Å²) in [4.78, 5) is 6.02. The minimum absolute atomic E-state index is 0.0296. The lowest BCUT2D eigenvalue weighted by molar-refractivity contribution is 0.327. The zero-order valence-corrected chi connectivity index (χ0v) is 18.0. The Kier molecular flexibility index (Phi) is 7.42. The number of ether oxygens (including phenoxy) is 1. The van der Waals surface area contributed by atoms with Gasteiger partial charge in [-0.1, -0.05) is 17.7 Å². The lowest BCUT2D eigenvalue weighted by Crippen LogP contribution is -2.36. The monoisotopic (exact) mass is 461 g/mol. The van der Waals surface area contributed by atoms with Gasteiger partial charge < -0.3 is 9.64 Å². The number of sulfonamides is 1. The second kappa shape index (κ2) is 9.14. The van der Waals surface area contributed by atoms with Crippen LogP contribution in [-0.4, -0.2) is 56.9 Å². The van der Waals surface area contributed by atoms with Crippen molar-refractivity contribution in [1.29, 1.82) is 0 Å². The zero-order valence-electron chi connectivity index (χ0n) is 14.8. The Morgan fingerprint density at radius 1 is 1.27 bits per heavy atom. The number of pyridine rings is 1. The molecule has 0 spiro atoms. The van der Waals surface area contributed by atoms with Crippen molar-refractivity contribution in [2.45, 2.75) is 11.4 Å². The Bertz CT molecular complexity index is 848.